The number of piperidine rings is 1. The molecule has 0 aromatic heterocycles. The molecule has 0 unspecified atom stereocenters. The van der Waals surface area contributed by atoms with Crippen LogP contribution in [-0.4, -0.2) is 51.3 Å². The molecule has 2 fully saturated rings. The molecule has 136 valence electrons. The summed E-state index contributed by atoms with van der Waals surface area (Å²) in [7, 11) is 0. The van der Waals surface area contributed by atoms with Gasteiger partial charge in [-0.3, -0.25) is 9.59 Å². The first-order valence-corrected chi connectivity index (χ1v) is 8.98. The third-order valence-electron chi connectivity index (χ3n) is 6.24. The zero-order chi connectivity index (χ0) is 18.1. The fraction of sp³-hybridized carbons (Fsp3) is 0.778. The summed E-state index contributed by atoms with van der Waals surface area (Å²) in [6.45, 7) is 0.798. The highest BCUT2D eigenvalue weighted by atomic mass is 16.4. The number of terminal acetylenes is 1. The maximum atomic E-state index is 12.4. The van der Waals surface area contributed by atoms with Crippen molar-refractivity contribution in [3.05, 3.63) is 0 Å². The van der Waals surface area contributed by atoms with Gasteiger partial charge in [0.25, 0.3) is 0 Å². The molecule has 1 saturated heterocycles. The highest BCUT2D eigenvalue weighted by Crippen LogP contribution is 2.53. The molecule has 1 saturated carbocycles. The van der Waals surface area contributed by atoms with Crippen LogP contribution >= 0.6 is 0 Å². The largest absolute Gasteiger partial charge is 0.481 e. The predicted octanol–water partition coefficient (Wildman–Crippen LogP) is 1.95. The average molecular weight is 347 g/mol. The van der Waals surface area contributed by atoms with Crippen LogP contribution < -0.4 is 0 Å². The van der Waals surface area contributed by atoms with Crippen LogP contribution in [0.25, 0.3) is 0 Å². The van der Waals surface area contributed by atoms with Gasteiger partial charge in [0.1, 0.15) is 0 Å². The maximum Gasteiger partial charge on any atom is 0.312 e. The van der Waals surface area contributed by atoms with Crippen molar-refractivity contribution in [3.8, 4) is 12.3 Å². The van der Waals surface area contributed by atoms with Crippen LogP contribution in [0.4, 0.5) is 0 Å². The van der Waals surface area contributed by atoms with Crippen molar-refractivity contribution >= 4 is 11.9 Å². The molecule has 1 aliphatic carbocycles. The maximum absolute atomic E-state index is 12.4. The van der Waals surface area contributed by atoms with Crippen LogP contribution in [0, 0.1) is 17.8 Å². The van der Waals surface area contributed by atoms with Crippen LogP contribution in [0.1, 0.15) is 57.8 Å². The van der Waals surface area contributed by atoms with Gasteiger partial charge in [-0.2, -0.15) is 10.2 Å². The Kier molecular flexibility index (Phi) is 4.58. The van der Waals surface area contributed by atoms with Crippen molar-refractivity contribution in [1.29, 1.82) is 0 Å². The molecule has 0 aromatic carbocycles. The predicted molar refractivity (Wildman–Crippen MR) is 89.6 cm³/mol. The van der Waals surface area contributed by atoms with Crippen molar-refractivity contribution in [3.63, 3.8) is 0 Å². The van der Waals surface area contributed by atoms with Crippen LogP contribution in [0.2, 0.25) is 0 Å². The van der Waals surface area contributed by atoms with Gasteiger partial charge in [0.05, 0.1) is 11.0 Å². The lowest BCUT2D eigenvalue weighted by Crippen LogP contribution is -2.61. The van der Waals surface area contributed by atoms with E-state index in [1.54, 1.807) is 4.90 Å². The number of rotatable bonds is 7. The molecule has 0 spiro atoms. The molecule has 0 radical (unpaired) electrons. The van der Waals surface area contributed by atoms with Gasteiger partial charge in [-0.05, 0) is 25.7 Å². The highest BCUT2D eigenvalue weighted by molar-refractivity contribution is 5.78. The van der Waals surface area contributed by atoms with Crippen LogP contribution in [-0.2, 0) is 9.59 Å². The van der Waals surface area contributed by atoms with Crippen molar-refractivity contribution in [2.24, 2.45) is 15.6 Å². The Hall–Kier alpha value is -1.94. The van der Waals surface area contributed by atoms with Gasteiger partial charge in [0.2, 0.25) is 5.91 Å². The number of carboxylic acids is 1. The summed E-state index contributed by atoms with van der Waals surface area (Å²) in [4.78, 5) is 25.8. The number of aliphatic hydroxyl groups is 1. The molecule has 2 heterocycles. The molecule has 25 heavy (non-hydrogen) atoms. The summed E-state index contributed by atoms with van der Waals surface area (Å²) in [6.07, 6.45) is 9.96. The number of nitrogens with zero attached hydrogens (tertiary/aromatic N) is 3. The zero-order valence-corrected chi connectivity index (χ0v) is 14.4. The minimum absolute atomic E-state index is 0.0115. The number of carbonyl (C=O) groups is 2. The summed E-state index contributed by atoms with van der Waals surface area (Å²) in [5.41, 5.74) is -2.69. The SMILES string of the molecule is C#CCCC1(CCC(=O)N2CCC(O)(C3(C(=O)O)CCC3)CC2)N=N1. The second kappa shape index (κ2) is 6.41. The fourth-order valence-corrected chi connectivity index (χ4v) is 4.15. The summed E-state index contributed by atoms with van der Waals surface area (Å²) in [6, 6.07) is 0. The standard InChI is InChI=1S/C18H25N3O4/c1-2-3-8-18(19-20-18)9-5-14(22)21-12-10-17(25,11-13-21)16(15(23)24)6-4-7-16/h1,25H,3-13H2,(H,23,24). The van der Waals surface area contributed by atoms with Gasteiger partial charge >= 0.3 is 5.97 Å². The Morgan fingerprint density at radius 1 is 1.12 bits per heavy atom. The van der Waals surface area contributed by atoms with Crippen molar-refractivity contribution in [2.75, 3.05) is 13.1 Å². The van der Waals surface area contributed by atoms with Gasteiger partial charge in [-0.25, -0.2) is 0 Å². The quantitative estimate of drug-likeness (QED) is 0.687. The Morgan fingerprint density at radius 2 is 1.76 bits per heavy atom. The Morgan fingerprint density at radius 3 is 2.20 bits per heavy atom. The highest BCUT2D eigenvalue weighted by Gasteiger charge is 2.60. The Bertz CT molecular complexity index is 619. The van der Waals surface area contributed by atoms with E-state index in [-0.39, 0.29) is 5.91 Å². The Labute approximate surface area is 147 Å². The smallest absolute Gasteiger partial charge is 0.312 e. The first-order chi connectivity index (χ1) is 11.9. The summed E-state index contributed by atoms with van der Waals surface area (Å²) in [5.74, 6) is 1.67. The lowest BCUT2D eigenvalue weighted by atomic mass is 9.56. The van der Waals surface area contributed by atoms with E-state index < -0.39 is 22.6 Å². The van der Waals surface area contributed by atoms with E-state index >= 15 is 0 Å². The van der Waals surface area contributed by atoms with Gasteiger partial charge in [0.15, 0.2) is 5.66 Å². The van der Waals surface area contributed by atoms with Gasteiger partial charge in [-0.1, -0.05) is 6.42 Å². The lowest BCUT2D eigenvalue weighted by Gasteiger charge is -2.53. The van der Waals surface area contributed by atoms with Crippen LogP contribution in [0.3, 0.4) is 0 Å². The second-order valence-corrected chi connectivity index (χ2v) is 7.54. The number of carbonyl (C=O) groups excluding carboxylic acids is 1. The Balaban J connectivity index is 1.50. The number of hydrogen-bond acceptors (Lipinski definition) is 5. The number of likely N-dealkylation sites (tertiary alicyclic amines) is 1. The molecule has 7 nitrogen and oxygen atoms in total. The molecule has 3 aliphatic rings. The van der Waals surface area contributed by atoms with E-state index in [4.69, 9.17) is 6.42 Å². The van der Waals surface area contributed by atoms with E-state index in [2.05, 4.69) is 16.1 Å². The topological polar surface area (TPSA) is 103 Å². The minimum Gasteiger partial charge on any atom is -0.481 e. The van der Waals surface area contributed by atoms with E-state index in [1.165, 1.54) is 0 Å². The monoisotopic (exact) mass is 347 g/mol. The van der Waals surface area contributed by atoms with Gasteiger partial charge < -0.3 is 15.1 Å². The summed E-state index contributed by atoms with van der Waals surface area (Å²) >= 11 is 0. The molecular weight excluding hydrogens is 322 g/mol. The van der Waals surface area contributed by atoms with Crippen molar-refractivity contribution in [1.82, 2.24) is 4.90 Å². The van der Waals surface area contributed by atoms with Crippen molar-refractivity contribution in [2.45, 2.75) is 69.1 Å². The van der Waals surface area contributed by atoms with E-state index in [0.29, 0.717) is 64.5 Å². The molecule has 3 rings (SSSR count). The van der Waals surface area contributed by atoms with E-state index in [1.807, 2.05) is 0 Å². The zero-order valence-electron chi connectivity index (χ0n) is 14.4. The van der Waals surface area contributed by atoms with Gasteiger partial charge in [0, 0.05) is 38.8 Å². The van der Waals surface area contributed by atoms with Crippen LogP contribution in [0.5, 0.6) is 0 Å². The van der Waals surface area contributed by atoms with E-state index in [9.17, 15) is 19.8 Å². The third-order valence-corrected chi connectivity index (χ3v) is 6.24. The fourth-order valence-electron chi connectivity index (χ4n) is 4.15. The van der Waals surface area contributed by atoms with Crippen molar-refractivity contribution < 1.29 is 19.8 Å². The molecule has 0 atom stereocenters. The number of carboxylic acid groups (broad SMARTS) is 1. The molecule has 0 bridgehead atoms. The average Bonchev–Trinajstić information content (AvgIpc) is 3.30. The lowest BCUT2D eigenvalue weighted by molar-refractivity contribution is -0.194. The number of amides is 1. The number of aliphatic carboxylic acids is 1. The van der Waals surface area contributed by atoms with E-state index in [0.717, 1.165) is 6.42 Å². The molecule has 7 heteroatoms. The summed E-state index contributed by atoms with van der Waals surface area (Å²) in [5, 5.41) is 28.5. The second-order valence-electron chi connectivity index (χ2n) is 7.54. The van der Waals surface area contributed by atoms with Crippen LogP contribution in [0.15, 0.2) is 10.2 Å². The number of hydrogen-bond donors (Lipinski definition) is 2. The molecule has 2 aliphatic heterocycles. The van der Waals surface area contributed by atoms with Gasteiger partial charge in [-0.15, -0.1) is 12.3 Å². The first kappa shape index (κ1) is 17.9. The normalized spacial score (nSPS) is 24.9. The molecular formula is C18H25N3O4. The molecule has 1 amide bonds. The summed E-state index contributed by atoms with van der Waals surface area (Å²) < 4.78 is 0. The molecule has 0 aromatic rings. The molecule has 2 N–H and O–H groups in total. The first-order valence-electron chi connectivity index (χ1n) is 8.98. The minimum atomic E-state index is -1.21. The third kappa shape index (κ3) is 3.15.